The van der Waals surface area contributed by atoms with Crippen molar-refractivity contribution in [2.75, 3.05) is 26.2 Å². The normalized spacial score (nSPS) is 16.6. The summed E-state index contributed by atoms with van der Waals surface area (Å²) in [7, 11) is -1.60. The SMILES string of the molecule is Cc1nn(CN2CCN(S(=O)(=O)c3ccc4ccccc4c3)CC2)c(=S)n1C. The summed E-state index contributed by atoms with van der Waals surface area (Å²) in [6.45, 7) is 4.68. The Hall–Kier alpha value is -2.07. The van der Waals surface area contributed by atoms with E-state index in [1.807, 2.05) is 48.9 Å². The minimum absolute atomic E-state index is 0.349. The molecule has 7 nitrogen and oxygen atoms in total. The molecule has 1 saturated heterocycles. The number of fused-ring (bicyclic) bond motifs is 1. The first kappa shape index (κ1) is 19.3. The van der Waals surface area contributed by atoms with Crippen molar-refractivity contribution in [2.45, 2.75) is 18.5 Å². The summed E-state index contributed by atoms with van der Waals surface area (Å²) in [5, 5.41) is 6.42. The Morgan fingerprint density at radius 1 is 1.04 bits per heavy atom. The molecule has 0 amide bonds. The van der Waals surface area contributed by atoms with Crippen molar-refractivity contribution in [3.63, 3.8) is 0 Å². The molecule has 1 aromatic heterocycles. The predicted molar refractivity (Wildman–Crippen MR) is 111 cm³/mol. The summed E-state index contributed by atoms with van der Waals surface area (Å²) in [6, 6.07) is 13.1. The zero-order valence-electron chi connectivity index (χ0n) is 15.9. The molecule has 0 aliphatic carbocycles. The highest BCUT2D eigenvalue weighted by Gasteiger charge is 2.28. The summed E-state index contributed by atoms with van der Waals surface area (Å²) in [6.07, 6.45) is 0. The van der Waals surface area contributed by atoms with Gasteiger partial charge in [-0.25, -0.2) is 13.1 Å². The number of aryl methyl sites for hydroxylation is 1. The van der Waals surface area contributed by atoms with Gasteiger partial charge in [0.1, 0.15) is 5.82 Å². The van der Waals surface area contributed by atoms with E-state index in [0.29, 0.717) is 42.5 Å². The van der Waals surface area contributed by atoms with Gasteiger partial charge in [0.25, 0.3) is 0 Å². The monoisotopic (exact) mass is 417 g/mol. The van der Waals surface area contributed by atoms with Gasteiger partial charge >= 0.3 is 0 Å². The molecular formula is C19H23N5O2S2. The topological polar surface area (TPSA) is 63.4 Å². The lowest BCUT2D eigenvalue weighted by Crippen LogP contribution is -2.48. The van der Waals surface area contributed by atoms with E-state index in [4.69, 9.17) is 12.2 Å². The maximum Gasteiger partial charge on any atom is 0.243 e. The molecule has 0 radical (unpaired) electrons. The van der Waals surface area contributed by atoms with Gasteiger partial charge in [-0.15, -0.1) is 0 Å². The highest BCUT2D eigenvalue weighted by atomic mass is 32.2. The minimum atomic E-state index is -3.50. The molecule has 148 valence electrons. The number of aromatic nitrogens is 3. The van der Waals surface area contributed by atoms with E-state index in [2.05, 4.69) is 10.00 Å². The summed E-state index contributed by atoms with van der Waals surface area (Å²) < 4.78 is 32.0. The van der Waals surface area contributed by atoms with Gasteiger partial charge in [-0.1, -0.05) is 30.3 Å². The van der Waals surface area contributed by atoms with Crippen molar-refractivity contribution in [1.29, 1.82) is 0 Å². The standard InChI is InChI=1S/C19H23N5O2S2/c1-15-20-24(19(27)21(15)2)14-22-9-11-23(12-10-22)28(25,26)18-8-7-16-5-3-4-6-17(16)13-18/h3-8,13H,9-12,14H2,1-2H3. The van der Waals surface area contributed by atoms with Crippen LogP contribution >= 0.6 is 12.2 Å². The Kier molecular flexibility index (Phi) is 5.09. The second-order valence-electron chi connectivity index (χ2n) is 7.06. The first-order valence-electron chi connectivity index (χ1n) is 9.18. The molecule has 9 heteroatoms. The van der Waals surface area contributed by atoms with Crippen molar-refractivity contribution in [3.8, 4) is 0 Å². The van der Waals surface area contributed by atoms with E-state index in [1.165, 1.54) is 0 Å². The molecule has 0 unspecified atom stereocenters. The third-order valence-corrected chi connectivity index (χ3v) is 7.66. The van der Waals surface area contributed by atoms with E-state index in [0.717, 1.165) is 16.6 Å². The molecule has 1 aliphatic rings. The van der Waals surface area contributed by atoms with Crippen molar-refractivity contribution < 1.29 is 8.42 Å². The highest BCUT2D eigenvalue weighted by molar-refractivity contribution is 7.89. The number of hydrogen-bond donors (Lipinski definition) is 0. The number of benzene rings is 2. The first-order valence-corrected chi connectivity index (χ1v) is 11.0. The molecule has 0 atom stereocenters. The fraction of sp³-hybridized carbons (Fsp3) is 0.368. The number of nitrogens with zero attached hydrogens (tertiary/aromatic N) is 5. The Morgan fingerprint density at radius 2 is 1.71 bits per heavy atom. The molecule has 0 saturated carbocycles. The second-order valence-corrected chi connectivity index (χ2v) is 9.36. The average Bonchev–Trinajstić information content (AvgIpc) is 2.94. The highest BCUT2D eigenvalue weighted by Crippen LogP contribution is 2.23. The molecule has 0 spiro atoms. The lowest BCUT2D eigenvalue weighted by Gasteiger charge is -2.33. The van der Waals surface area contributed by atoms with Crippen LogP contribution in [-0.4, -0.2) is 58.1 Å². The smallest absolute Gasteiger partial charge is 0.243 e. The van der Waals surface area contributed by atoms with Crippen LogP contribution in [0.1, 0.15) is 5.82 Å². The van der Waals surface area contributed by atoms with Gasteiger partial charge in [0.15, 0.2) is 4.77 Å². The zero-order chi connectivity index (χ0) is 19.9. The molecule has 0 bridgehead atoms. The van der Waals surface area contributed by atoms with Crippen LogP contribution < -0.4 is 0 Å². The van der Waals surface area contributed by atoms with E-state index >= 15 is 0 Å². The molecule has 1 fully saturated rings. The first-order chi connectivity index (χ1) is 13.4. The van der Waals surface area contributed by atoms with Crippen molar-refractivity contribution in [3.05, 3.63) is 53.1 Å². The van der Waals surface area contributed by atoms with Gasteiger partial charge in [0.2, 0.25) is 10.0 Å². The Bertz CT molecular complexity index is 1170. The second kappa shape index (κ2) is 7.40. The van der Waals surface area contributed by atoms with Crippen LogP contribution in [0.3, 0.4) is 0 Å². The van der Waals surface area contributed by atoms with Crippen LogP contribution in [0.4, 0.5) is 0 Å². The summed E-state index contributed by atoms with van der Waals surface area (Å²) >= 11 is 5.40. The zero-order valence-corrected chi connectivity index (χ0v) is 17.6. The minimum Gasteiger partial charge on any atom is -0.307 e. The number of sulfonamides is 1. The molecule has 3 aromatic rings. The van der Waals surface area contributed by atoms with E-state index in [-0.39, 0.29) is 0 Å². The van der Waals surface area contributed by atoms with E-state index in [9.17, 15) is 8.42 Å². The summed E-state index contributed by atoms with van der Waals surface area (Å²) in [5.41, 5.74) is 0. The molecule has 2 aromatic carbocycles. The largest absolute Gasteiger partial charge is 0.307 e. The van der Waals surface area contributed by atoms with Crippen LogP contribution in [0.5, 0.6) is 0 Å². The quantitative estimate of drug-likeness (QED) is 0.610. The Balaban J connectivity index is 1.47. The van der Waals surface area contributed by atoms with Crippen LogP contribution in [0, 0.1) is 11.7 Å². The van der Waals surface area contributed by atoms with Crippen molar-refractivity contribution >= 4 is 33.0 Å². The Labute approximate surface area is 169 Å². The third-order valence-electron chi connectivity index (χ3n) is 5.28. The van der Waals surface area contributed by atoms with Gasteiger partial charge in [-0.2, -0.15) is 9.40 Å². The van der Waals surface area contributed by atoms with Gasteiger partial charge in [0.05, 0.1) is 11.6 Å². The van der Waals surface area contributed by atoms with Crippen LogP contribution in [-0.2, 0) is 23.7 Å². The lowest BCUT2D eigenvalue weighted by atomic mass is 10.1. The van der Waals surface area contributed by atoms with Crippen molar-refractivity contribution in [1.82, 2.24) is 23.6 Å². The number of hydrogen-bond acceptors (Lipinski definition) is 5. The maximum atomic E-state index is 13.1. The lowest BCUT2D eigenvalue weighted by molar-refractivity contribution is 0.144. The molecular weight excluding hydrogens is 394 g/mol. The van der Waals surface area contributed by atoms with Crippen LogP contribution in [0.15, 0.2) is 47.4 Å². The van der Waals surface area contributed by atoms with Gasteiger partial charge < -0.3 is 4.57 Å². The fourth-order valence-electron chi connectivity index (χ4n) is 3.47. The third kappa shape index (κ3) is 3.50. The van der Waals surface area contributed by atoms with E-state index < -0.39 is 10.0 Å². The summed E-state index contributed by atoms with van der Waals surface area (Å²) in [4.78, 5) is 2.52. The summed E-state index contributed by atoms with van der Waals surface area (Å²) in [5.74, 6) is 0.863. The van der Waals surface area contributed by atoms with Crippen molar-refractivity contribution in [2.24, 2.45) is 7.05 Å². The van der Waals surface area contributed by atoms with Crippen LogP contribution in [0.25, 0.3) is 10.8 Å². The average molecular weight is 418 g/mol. The number of rotatable bonds is 4. The number of piperazine rings is 1. The molecule has 28 heavy (non-hydrogen) atoms. The maximum absolute atomic E-state index is 13.1. The van der Waals surface area contributed by atoms with Gasteiger partial charge in [-0.3, -0.25) is 4.90 Å². The van der Waals surface area contributed by atoms with E-state index in [1.54, 1.807) is 21.1 Å². The fourth-order valence-corrected chi connectivity index (χ4v) is 5.15. The van der Waals surface area contributed by atoms with Gasteiger partial charge in [-0.05, 0) is 42.0 Å². The molecule has 0 N–H and O–H groups in total. The van der Waals surface area contributed by atoms with Crippen LogP contribution in [0.2, 0.25) is 0 Å². The molecule has 1 aliphatic heterocycles. The molecule has 2 heterocycles. The van der Waals surface area contributed by atoms with Gasteiger partial charge in [0, 0.05) is 33.2 Å². The Morgan fingerprint density at radius 3 is 2.36 bits per heavy atom. The predicted octanol–water partition coefficient (Wildman–Crippen LogP) is 2.38. The molecule has 4 rings (SSSR count).